The zero-order valence-corrected chi connectivity index (χ0v) is 16.2. The van der Waals surface area contributed by atoms with Gasteiger partial charge in [-0.1, -0.05) is 36.4 Å². The van der Waals surface area contributed by atoms with Crippen molar-refractivity contribution >= 4 is 23.2 Å². The average molecular weight is 386 g/mol. The summed E-state index contributed by atoms with van der Waals surface area (Å²) in [5, 5.41) is 2.93. The number of benzene rings is 3. The highest BCUT2D eigenvalue weighted by Gasteiger charge is 2.23. The lowest BCUT2D eigenvalue weighted by molar-refractivity contribution is -0.117. The first-order valence-corrected chi connectivity index (χ1v) is 9.66. The molecule has 1 fully saturated rings. The molecule has 1 aliphatic heterocycles. The van der Waals surface area contributed by atoms with Crippen LogP contribution in [-0.2, 0) is 4.79 Å². The summed E-state index contributed by atoms with van der Waals surface area (Å²) in [6, 6.07) is 22.1. The molecule has 0 unspecified atom stereocenters. The van der Waals surface area contributed by atoms with E-state index in [1.807, 2.05) is 61.5 Å². The van der Waals surface area contributed by atoms with Crippen LogP contribution in [-0.4, -0.2) is 18.4 Å². The summed E-state index contributed by atoms with van der Waals surface area (Å²) in [7, 11) is 0. The monoisotopic (exact) mass is 386 g/mol. The highest BCUT2D eigenvalue weighted by molar-refractivity contribution is 6.07. The van der Waals surface area contributed by atoms with Crippen LogP contribution in [0, 0.1) is 6.92 Å². The Bertz CT molecular complexity index is 1050. The van der Waals surface area contributed by atoms with Gasteiger partial charge in [-0.2, -0.15) is 0 Å². The fraction of sp³-hybridized carbons (Fsp3) is 0.167. The van der Waals surface area contributed by atoms with Gasteiger partial charge >= 0.3 is 0 Å². The average Bonchev–Trinajstić information content (AvgIpc) is 3.16. The molecule has 0 spiro atoms. The molecule has 4 rings (SSSR count). The molecule has 0 bridgehead atoms. The van der Waals surface area contributed by atoms with Crippen molar-refractivity contribution in [1.82, 2.24) is 0 Å². The summed E-state index contributed by atoms with van der Waals surface area (Å²) >= 11 is 0. The van der Waals surface area contributed by atoms with Gasteiger partial charge in [-0.3, -0.25) is 9.59 Å². The molecule has 0 radical (unpaired) electrons. The number of aryl methyl sites for hydroxylation is 1. The molecule has 3 aromatic carbocycles. The van der Waals surface area contributed by atoms with E-state index in [-0.39, 0.29) is 11.8 Å². The third-order valence-electron chi connectivity index (χ3n) is 4.93. The smallest absolute Gasteiger partial charge is 0.259 e. The van der Waals surface area contributed by atoms with Gasteiger partial charge in [0.25, 0.3) is 5.91 Å². The number of ether oxygens (including phenoxy) is 1. The second kappa shape index (κ2) is 8.19. The number of carbonyl (C=O) groups is 2. The van der Waals surface area contributed by atoms with Crippen molar-refractivity contribution in [2.45, 2.75) is 19.8 Å². The minimum absolute atomic E-state index is 0.123. The number of rotatable bonds is 5. The molecule has 1 saturated heterocycles. The van der Waals surface area contributed by atoms with Crippen LogP contribution in [0.1, 0.15) is 28.8 Å². The van der Waals surface area contributed by atoms with E-state index in [1.165, 1.54) is 0 Å². The van der Waals surface area contributed by atoms with E-state index in [9.17, 15) is 9.59 Å². The number of nitrogens with zero attached hydrogens (tertiary/aromatic N) is 1. The van der Waals surface area contributed by atoms with E-state index in [4.69, 9.17) is 4.74 Å². The van der Waals surface area contributed by atoms with Gasteiger partial charge in [0.1, 0.15) is 11.5 Å². The second-order valence-corrected chi connectivity index (χ2v) is 7.02. The normalized spacial score (nSPS) is 13.4. The molecular formula is C24H22N2O3. The standard InChI is InChI=1S/C24H22N2O3/c1-17-13-14-18(16-21(17)26-15-7-12-23(26)27)25-24(28)20-10-5-6-11-22(20)29-19-8-3-2-4-9-19/h2-6,8-11,13-14,16H,7,12,15H2,1H3,(H,25,28). The van der Waals surface area contributed by atoms with Gasteiger partial charge in [0, 0.05) is 24.3 Å². The molecule has 0 saturated carbocycles. The second-order valence-electron chi connectivity index (χ2n) is 7.02. The van der Waals surface area contributed by atoms with Crippen molar-refractivity contribution in [1.29, 1.82) is 0 Å². The predicted octanol–water partition coefficient (Wildman–Crippen LogP) is 5.17. The number of carbonyl (C=O) groups excluding carboxylic acids is 2. The molecular weight excluding hydrogens is 364 g/mol. The summed E-state index contributed by atoms with van der Waals surface area (Å²) < 4.78 is 5.89. The Labute approximate surface area is 169 Å². The quantitative estimate of drug-likeness (QED) is 0.658. The molecule has 0 atom stereocenters. The number of hydrogen-bond donors (Lipinski definition) is 1. The largest absolute Gasteiger partial charge is 0.457 e. The Morgan fingerprint density at radius 2 is 1.76 bits per heavy atom. The Hall–Kier alpha value is -3.60. The van der Waals surface area contributed by atoms with Crippen LogP contribution >= 0.6 is 0 Å². The highest BCUT2D eigenvalue weighted by atomic mass is 16.5. The molecule has 1 N–H and O–H groups in total. The molecule has 3 aromatic rings. The van der Waals surface area contributed by atoms with E-state index in [0.717, 1.165) is 17.7 Å². The van der Waals surface area contributed by atoms with Crippen LogP contribution in [0.3, 0.4) is 0 Å². The van der Waals surface area contributed by atoms with Crippen LogP contribution in [0.5, 0.6) is 11.5 Å². The third kappa shape index (κ3) is 4.14. The van der Waals surface area contributed by atoms with Gasteiger partial charge in [0.2, 0.25) is 5.91 Å². The van der Waals surface area contributed by atoms with Crippen LogP contribution in [0.4, 0.5) is 11.4 Å². The summed E-state index contributed by atoms with van der Waals surface area (Å²) in [6.45, 7) is 2.68. The van der Waals surface area contributed by atoms with Crippen LogP contribution < -0.4 is 15.0 Å². The fourth-order valence-electron chi connectivity index (χ4n) is 3.44. The van der Waals surface area contributed by atoms with E-state index in [2.05, 4.69) is 5.32 Å². The van der Waals surface area contributed by atoms with E-state index in [0.29, 0.717) is 35.7 Å². The topological polar surface area (TPSA) is 58.6 Å². The van der Waals surface area contributed by atoms with E-state index in [1.54, 1.807) is 23.1 Å². The lowest BCUT2D eigenvalue weighted by Crippen LogP contribution is -2.24. The first-order valence-electron chi connectivity index (χ1n) is 9.66. The summed E-state index contributed by atoms with van der Waals surface area (Å²) in [5.74, 6) is 1.01. The van der Waals surface area contributed by atoms with Gasteiger partial charge < -0.3 is 15.0 Å². The minimum Gasteiger partial charge on any atom is -0.457 e. The van der Waals surface area contributed by atoms with Crippen LogP contribution in [0.15, 0.2) is 72.8 Å². The van der Waals surface area contributed by atoms with Gasteiger partial charge in [0.05, 0.1) is 5.56 Å². The number of para-hydroxylation sites is 2. The van der Waals surface area contributed by atoms with Gasteiger partial charge in [-0.15, -0.1) is 0 Å². The maximum absolute atomic E-state index is 12.9. The molecule has 5 nitrogen and oxygen atoms in total. The van der Waals surface area contributed by atoms with Gasteiger partial charge in [-0.05, 0) is 55.3 Å². The molecule has 0 aliphatic carbocycles. The zero-order valence-electron chi connectivity index (χ0n) is 16.2. The van der Waals surface area contributed by atoms with Crippen molar-refractivity contribution in [2.75, 3.05) is 16.8 Å². The summed E-state index contributed by atoms with van der Waals surface area (Å²) in [5.41, 5.74) is 2.94. The number of nitrogens with one attached hydrogen (secondary N) is 1. The lowest BCUT2D eigenvalue weighted by Gasteiger charge is -2.19. The Balaban J connectivity index is 1.57. The molecule has 5 heteroatoms. The maximum atomic E-state index is 12.9. The molecule has 29 heavy (non-hydrogen) atoms. The van der Waals surface area contributed by atoms with Crippen molar-refractivity contribution in [3.05, 3.63) is 83.9 Å². The molecule has 0 aromatic heterocycles. The van der Waals surface area contributed by atoms with E-state index >= 15 is 0 Å². The summed E-state index contributed by atoms with van der Waals surface area (Å²) in [4.78, 5) is 26.8. The number of amides is 2. The molecule has 1 heterocycles. The Morgan fingerprint density at radius 3 is 2.52 bits per heavy atom. The predicted molar refractivity (Wildman–Crippen MR) is 114 cm³/mol. The first kappa shape index (κ1) is 18.7. The maximum Gasteiger partial charge on any atom is 0.259 e. The van der Waals surface area contributed by atoms with Crippen LogP contribution in [0.2, 0.25) is 0 Å². The number of anilines is 2. The minimum atomic E-state index is -0.265. The summed E-state index contributed by atoms with van der Waals surface area (Å²) in [6.07, 6.45) is 1.43. The lowest BCUT2D eigenvalue weighted by atomic mass is 10.1. The van der Waals surface area contributed by atoms with Gasteiger partial charge in [-0.25, -0.2) is 0 Å². The highest BCUT2D eigenvalue weighted by Crippen LogP contribution is 2.30. The first-order chi connectivity index (χ1) is 14.1. The fourth-order valence-corrected chi connectivity index (χ4v) is 3.44. The SMILES string of the molecule is Cc1ccc(NC(=O)c2ccccc2Oc2ccccc2)cc1N1CCCC1=O. The molecule has 2 amide bonds. The molecule has 1 aliphatic rings. The Kier molecular flexibility index (Phi) is 5.29. The van der Waals surface area contributed by atoms with Crippen molar-refractivity contribution in [2.24, 2.45) is 0 Å². The van der Waals surface area contributed by atoms with Crippen molar-refractivity contribution < 1.29 is 14.3 Å². The molecule has 146 valence electrons. The van der Waals surface area contributed by atoms with Crippen LogP contribution in [0.25, 0.3) is 0 Å². The zero-order chi connectivity index (χ0) is 20.2. The van der Waals surface area contributed by atoms with Crippen molar-refractivity contribution in [3.63, 3.8) is 0 Å². The van der Waals surface area contributed by atoms with Gasteiger partial charge in [0.15, 0.2) is 0 Å². The Morgan fingerprint density at radius 1 is 1.00 bits per heavy atom. The van der Waals surface area contributed by atoms with Crippen molar-refractivity contribution in [3.8, 4) is 11.5 Å². The number of hydrogen-bond acceptors (Lipinski definition) is 3. The van der Waals surface area contributed by atoms with E-state index < -0.39 is 0 Å². The third-order valence-corrected chi connectivity index (χ3v) is 4.93.